The minimum absolute atomic E-state index is 0.0351. The van der Waals surface area contributed by atoms with Crippen LogP contribution in [0.2, 0.25) is 0 Å². The van der Waals surface area contributed by atoms with E-state index in [9.17, 15) is 15.3 Å². The molecule has 0 aliphatic carbocycles. The van der Waals surface area contributed by atoms with Crippen LogP contribution in [0.3, 0.4) is 0 Å². The van der Waals surface area contributed by atoms with Crippen molar-refractivity contribution in [3.63, 3.8) is 0 Å². The van der Waals surface area contributed by atoms with Crippen molar-refractivity contribution in [2.24, 2.45) is 0 Å². The summed E-state index contributed by atoms with van der Waals surface area (Å²) in [7, 11) is 0. The molecule has 6 atom stereocenters. The van der Waals surface area contributed by atoms with E-state index in [4.69, 9.17) is 19.3 Å². The molecule has 2 saturated heterocycles. The number of ether oxygens (including phenoxy) is 3. The van der Waals surface area contributed by atoms with E-state index in [0.29, 0.717) is 6.61 Å². The molecule has 0 aromatic rings. The van der Waals surface area contributed by atoms with Crippen LogP contribution in [0.4, 0.5) is 0 Å². The highest BCUT2D eigenvalue weighted by Crippen LogP contribution is 2.22. The summed E-state index contributed by atoms with van der Waals surface area (Å²) in [6.45, 7) is 0.255. The first-order valence-electron chi connectivity index (χ1n) is 5.15. The van der Waals surface area contributed by atoms with Crippen LogP contribution in [-0.2, 0) is 14.2 Å². The van der Waals surface area contributed by atoms with Gasteiger partial charge in [-0.05, 0) is 0 Å². The molecular weight excluding hydrogens is 220 g/mol. The second-order valence-electron chi connectivity index (χ2n) is 3.96. The van der Waals surface area contributed by atoms with E-state index < -0.39 is 37.3 Å². The van der Waals surface area contributed by atoms with E-state index in [1.165, 1.54) is 0 Å². The van der Waals surface area contributed by atoms with Crippen molar-refractivity contribution in [1.82, 2.24) is 0 Å². The maximum absolute atomic E-state index is 11.5. The van der Waals surface area contributed by atoms with E-state index in [1.807, 2.05) is 0 Å². The minimum Gasteiger partial charge on any atom is -0.829 e. The highest BCUT2D eigenvalue weighted by atomic mass is 16.7. The molecule has 0 amide bonds. The Morgan fingerprint density at radius 2 is 2.00 bits per heavy atom. The first kappa shape index (κ1) is 12.2. The molecule has 0 aromatic heterocycles. The van der Waals surface area contributed by atoms with Crippen molar-refractivity contribution < 1.29 is 34.6 Å². The van der Waals surface area contributed by atoms with Gasteiger partial charge in [0.25, 0.3) is 0 Å². The molecule has 0 saturated carbocycles. The lowest BCUT2D eigenvalue weighted by Gasteiger charge is -2.45. The predicted octanol–water partition coefficient (Wildman–Crippen LogP) is -3.43. The third-order valence-electron chi connectivity index (χ3n) is 2.70. The summed E-state index contributed by atoms with van der Waals surface area (Å²) >= 11 is 0. The summed E-state index contributed by atoms with van der Waals surface area (Å²) in [6.07, 6.45) is -6.52. The van der Waals surface area contributed by atoms with Gasteiger partial charge in [-0.25, -0.2) is 0 Å². The Morgan fingerprint density at radius 1 is 1.31 bits per heavy atom. The smallest absolute Gasteiger partial charge is 0.111 e. The lowest BCUT2D eigenvalue weighted by atomic mass is 9.99. The van der Waals surface area contributed by atoms with Crippen LogP contribution < -0.4 is 5.11 Å². The van der Waals surface area contributed by atoms with Crippen LogP contribution >= 0.6 is 0 Å². The van der Waals surface area contributed by atoms with Crippen molar-refractivity contribution in [3.8, 4) is 0 Å². The van der Waals surface area contributed by atoms with E-state index in [2.05, 4.69) is 0 Å². The highest BCUT2D eigenvalue weighted by molar-refractivity contribution is 4.89. The van der Waals surface area contributed by atoms with Crippen molar-refractivity contribution in [2.75, 3.05) is 19.8 Å². The number of hydrogen-bond acceptors (Lipinski definition) is 7. The van der Waals surface area contributed by atoms with Crippen LogP contribution in [0, 0.1) is 0 Å². The first-order chi connectivity index (χ1) is 7.63. The van der Waals surface area contributed by atoms with Gasteiger partial charge in [0.05, 0.1) is 25.9 Å². The summed E-state index contributed by atoms with van der Waals surface area (Å²) in [5, 5.41) is 39.4. The molecule has 2 fully saturated rings. The molecule has 3 N–H and O–H groups in total. The monoisotopic (exact) mass is 235 g/mol. The van der Waals surface area contributed by atoms with E-state index in [1.54, 1.807) is 0 Å². The number of aliphatic hydroxyl groups is 3. The van der Waals surface area contributed by atoms with Crippen LogP contribution in [0.25, 0.3) is 0 Å². The number of rotatable bonds is 4. The van der Waals surface area contributed by atoms with Gasteiger partial charge in [-0.2, -0.15) is 0 Å². The van der Waals surface area contributed by atoms with Crippen LogP contribution in [-0.4, -0.2) is 72.0 Å². The fraction of sp³-hybridized carbons (Fsp3) is 1.00. The zero-order chi connectivity index (χ0) is 11.7. The molecule has 2 aliphatic heterocycles. The van der Waals surface area contributed by atoms with E-state index in [0.717, 1.165) is 0 Å². The summed E-state index contributed by atoms with van der Waals surface area (Å²) in [5.41, 5.74) is 0. The number of hydrogen-bond donors (Lipinski definition) is 3. The molecule has 2 rings (SSSR count). The Bertz CT molecular complexity index is 232. The second kappa shape index (κ2) is 4.92. The number of epoxide rings is 1. The van der Waals surface area contributed by atoms with Gasteiger partial charge in [0.1, 0.15) is 24.4 Å². The topological polar surface area (TPSA) is 115 Å². The summed E-state index contributed by atoms with van der Waals surface area (Å²) < 4.78 is 14.8. The largest absolute Gasteiger partial charge is 0.829 e. The maximum atomic E-state index is 11.5. The lowest BCUT2D eigenvalue weighted by Crippen LogP contribution is -2.63. The van der Waals surface area contributed by atoms with Gasteiger partial charge in [-0.3, -0.25) is 0 Å². The average molecular weight is 235 g/mol. The Balaban J connectivity index is 1.90. The quantitative estimate of drug-likeness (QED) is 0.434. The number of aliphatic hydroxyl groups excluding tert-OH is 3. The molecule has 0 radical (unpaired) electrons. The molecule has 0 bridgehead atoms. The standard InChI is InChI=1S/C9H15O7/c10-1-5-6(11)7(12)8(9(13)16-5)15-3-4-2-14-4/h4-12H,1-3H2/q-1/t4?,5-,6-,7+,8-,9+/m1/s1. The van der Waals surface area contributed by atoms with Gasteiger partial charge < -0.3 is 34.6 Å². The van der Waals surface area contributed by atoms with E-state index >= 15 is 0 Å². The van der Waals surface area contributed by atoms with Crippen LogP contribution in [0.1, 0.15) is 0 Å². The Kier molecular flexibility index (Phi) is 3.75. The summed E-state index contributed by atoms with van der Waals surface area (Å²) in [5.74, 6) is 0. The van der Waals surface area contributed by atoms with Gasteiger partial charge in [-0.1, -0.05) is 0 Å². The Hall–Kier alpha value is -0.280. The highest BCUT2D eigenvalue weighted by Gasteiger charge is 2.41. The molecule has 7 nitrogen and oxygen atoms in total. The zero-order valence-electron chi connectivity index (χ0n) is 8.56. The Morgan fingerprint density at radius 3 is 2.56 bits per heavy atom. The fourth-order valence-corrected chi connectivity index (χ4v) is 1.62. The molecule has 1 unspecified atom stereocenters. The van der Waals surface area contributed by atoms with Crippen molar-refractivity contribution in [2.45, 2.75) is 36.8 Å². The van der Waals surface area contributed by atoms with Crippen molar-refractivity contribution in [1.29, 1.82) is 0 Å². The molecule has 94 valence electrons. The zero-order valence-corrected chi connectivity index (χ0v) is 8.56. The normalized spacial score (nSPS) is 48.0. The van der Waals surface area contributed by atoms with Gasteiger partial charge in [0.2, 0.25) is 0 Å². The Labute approximate surface area is 92.2 Å². The second-order valence-corrected chi connectivity index (χ2v) is 3.96. The molecule has 0 aromatic carbocycles. The van der Waals surface area contributed by atoms with E-state index in [-0.39, 0.29) is 12.7 Å². The third kappa shape index (κ3) is 2.51. The van der Waals surface area contributed by atoms with Crippen molar-refractivity contribution in [3.05, 3.63) is 0 Å². The predicted molar refractivity (Wildman–Crippen MR) is 47.2 cm³/mol. The molecule has 0 spiro atoms. The molecule has 2 aliphatic rings. The summed E-state index contributed by atoms with van der Waals surface area (Å²) in [6, 6.07) is 0. The molecule has 2 heterocycles. The van der Waals surface area contributed by atoms with Gasteiger partial charge in [0.15, 0.2) is 0 Å². The first-order valence-corrected chi connectivity index (χ1v) is 5.15. The van der Waals surface area contributed by atoms with Crippen molar-refractivity contribution >= 4 is 0 Å². The minimum atomic E-state index is -1.62. The fourth-order valence-electron chi connectivity index (χ4n) is 1.62. The van der Waals surface area contributed by atoms with Gasteiger partial charge >= 0.3 is 0 Å². The van der Waals surface area contributed by atoms with Gasteiger partial charge in [-0.15, -0.1) is 0 Å². The van der Waals surface area contributed by atoms with Crippen LogP contribution in [0.5, 0.6) is 0 Å². The summed E-state index contributed by atoms with van der Waals surface area (Å²) in [4.78, 5) is 0. The lowest BCUT2D eigenvalue weighted by molar-refractivity contribution is -0.534. The maximum Gasteiger partial charge on any atom is 0.111 e. The molecule has 16 heavy (non-hydrogen) atoms. The molecular formula is C9H15O7-. The molecule has 7 heteroatoms. The SMILES string of the molecule is [O-][C@H]1O[C@H](CO)[C@@H](O)[C@H](O)[C@H]1OCC1CO1. The van der Waals surface area contributed by atoms with Crippen LogP contribution in [0.15, 0.2) is 0 Å². The average Bonchev–Trinajstić information content (AvgIpc) is 3.07. The van der Waals surface area contributed by atoms with Gasteiger partial charge in [0, 0.05) is 6.29 Å². The third-order valence-corrected chi connectivity index (χ3v) is 2.70.